The second-order valence-corrected chi connectivity index (χ2v) is 3.14. The van der Waals surface area contributed by atoms with Gasteiger partial charge in [0.05, 0.1) is 13.2 Å². The summed E-state index contributed by atoms with van der Waals surface area (Å²) in [5, 5.41) is 2.45. The van der Waals surface area contributed by atoms with E-state index in [1.54, 1.807) is 0 Å². The Morgan fingerprint density at radius 1 is 1.71 bits per heavy atom. The number of rotatable bonds is 4. The second-order valence-electron chi connectivity index (χ2n) is 3.14. The quantitative estimate of drug-likeness (QED) is 0.540. The van der Waals surface area contributed by atoms with E-state index in [1.807, 2.05) is 6.92 Å². The van der Waals surface area contributed by atoms with Crippen LogP contribution in [0.5, 0.6) is 0 Å². The molecule has 1 heterocycles. The SMILES string of the molecule is CCCCOC(=O)NC1CCOC1=O. The summed E-state index contributed by atoms with van der Waals surface area (Å²) >= 11 is 0. The van der Waals surface area contributed by atoms with E-state index in [0.717, 1.165) is 12.8 Å². The first-order valence-corrected chi connectivity index (χ1v) is 4.84. The molecule has 1 saturated heterocycles. The zero-order chi connectivity index (χ0) is 10.4. The van der Waals surface area contributed by atoms with Crippen molar-refractivity contribution in [2.45, 2.75) is 32.2 Å². The van der Waals surface area contributed by atoms with Gasteiger partial charge in [0.25, 0.3) is 0 Å². The van der Waals surface area contributed by atoms with Gasteiger partial charge in [0.15, 0.2) is 0 Å². The average Bonchev–Trinajstić information content (AvgIpc) is 2.52. The number of hydrogen-bond donors (Lipinski definition) is 1. The van der Waals surface area contributed by atoms with Crippen LogP contribution in [0.4, 0.5) is 4.79 Å². The van der Waals surface area contributed by atoms with Crippen molar-refractivity contribution in [1.82, 2.24) is 5.32 Å². The molecule has 1 N–H and O–H groups in total. The molecular formula is C9H15NO4. The van der Waals surface area contributed by atoms with Gasteiger partial charge in [-0.05, 0) is 6.42 Å². The lowest BCUT2D eigenvalue weighted by Gasteiger charge is -2.08. The summed E-state index contributed by atoms with van der Waals surface area (Å²) in [5.41, 5.74) is 0. The van der Waals surface area contributed by atoms with Gasteiger partial charge in [0.2, 0.25) is 0 Å². The molecule has 0 aliphatic carbocycles. The Hall–Kier alpha value is -1.26. The van der Waals surface area contributed by atoms with E-state index in [2.05, 4.69) is 10.1 Å². The lowest BCUT2D eigenvalue weighted by Crippen LogP contribution is -2.38. The largest absolute Gasteiger partial charge is 0.464 e. The van der Waals surface area contributed by atoms with Crippen LogP contribution < -0.4 is 5.32 Å². The van der Waals surface area contributed by atoms with Crippen molar-refractivity contribution in [2.24, 2.45) is 0 Å². The highest BCUT2D eigenvalue weighted by Crippen LogP contribution is 2.05. The van der Waals surface area contributed by atoms with Crippen LogP contribution in [-0.2, 0) is 14.3 Å². The highest BCUT2D eigenvalue weighted by Gasteiger charge is 2.28. The molecule has 1 unspecified atom stereocenters. The molecule has 0 bridgehead atoms. The third kappa shape index (κ3) is 3.24. The molecule has 0 aromatic heterocycles. The van der Waals surface area contributed by atoms with Gasteiger partial charge in [-0.25, -0.2) is 9.59 Å². The summed E-state index contributed by atoms with van der Waals surface area (Å²) in [6.07, 6.45) is 1.80. The summed E-state index contributed by atoms with van der Waals surface area (Å²) < 4.78 is 9.52. The molecule has 0 aromatic rings. The van der Waals surface area contributed by atoms with Crippen molar-refractivity contribution >= 4 is 12.1 Å². The van der Waals surface area contributed by atoms with Crippen molar-refractivity contribution in [1.29, 1.82) is 0 Å². The van der Waals surface area contributed by atoms with Crippen molar-refractivity contribution in [3.05, 3.63) is 0 Å². The predicted molar refractivity (Wildman–Crippen MR) is 48.8 cm³/mol. The summed E-state index contributed by atoms with van der Waals surface area (Å²) in [5.74, 6) is -0.377. The third-order valence-electron chi connectivity index (χ3n) is 1.96. The molecule has 1 aliphatic rings. The molecule has 1 rings (SSSR count). The molecule has 0 spiro atoms. The Bertz CT molecular complexity index is 217. The molecule has 0 saturated carbocycles. The van der Waals surface area contributed by atoms with E-state index in [1.165, 1.54) is 0 Å². The van der Waals surface area contributed by atoms with Crippen LogP contribution in [0.15, 0.2) is 0 Å². The number of unbranched alkanes of at least 4 members (excludes halogenated alkanes) is 1. The number of hydrogen-bond acceptors (Lipinski definition) is 4. The fraction of sp³-hybridized carbons (Fsp3) is 0.778. The fourth-order valence-corrected chi connectivity index (χ4v) is 1.12. The predicted octanol–water partition coefficient (Wildman–Crippen LogP) is 0.828. The molecule has 1 atom stereocenters. The Morgan fingerprint density at radius 3 is 3.07 bits per heavy atom. The monoisotopic (exact) mass is 201 g/mol. The number of amides is 1. The number of carbonyl (C=O) groups excluding carboxylic acids is 2. The van der Waals surface area contributed by atoms with Crippen molar-refractivity contribution in [3.8, 4) is 0 Å². The normalized spacial score (nSPS) is 20.4. The van der Waals surface area contributed by atoms with E-state index in [4.69, 9.17) is 4.74 Å². The van der Waals surface area contributed by atoms with Crippen LogP contribution in [0, 0.1) is 0 Å². The number of alkyl carbamates (subject to hydrolysis) is 1. The summed E-state index contributed by atoms with van der Waals surface area (Å²) in [7, 11) is 0. The molecule has 1 fully saturated rings. The molecule has 0 aromatic carbocycles. The van der Waals surface area contributed by atoms with Gasteiger partial charge < -0.3 is 14.8 Å². The van der Waals surface area contributed by atoms with Crippen LogP contribution >= 0.6 is 0 Å². The Balaban J connectivity index is 2.16. The summed E-state index contributed by atoms with van der Waals surface area (Å²) in [4.78, 5) is 22.0. The molecule has 80 valence electrons. The van der Waals surface area contributed by atoms with E-state index >= 15 is 0 Å². The molecular weight excluding hydrogens is 186 g/mol. The van der Waals surface area contributed by atoms with Gasteiger partial charge in [-0.15, -0.1) is 0 Å². The van der Waals surface area contributed by atoms with E-state index in [-0.39, 0.29) is 5.97 Å². The van der Waals surface area contributed by atoms with Crippen LogP contribution in [0.2, 0.25) is 0 Å². The van der Waals surface area contributed by atoms with Gasteiger partial charge in [0, 0.05) is 6.42 Å². The lowest BCUT2D eigenvalue weighted by atomic mass is 10.2. The minimum absolute atomic E-state index is 0.374. The van der Waals surface area contributed by atoms with Gasteiger partial charge in [0.1, 0.15) is 6.04 Å². The standard InChI is InChI=1S/C9H15NO4/c1-2-3-5-14-9(12)10-7-4-6-13-8(7)11/h7H,2-6H2,1H3,(H,10,12). The number of nitrogens with one attached hydrogen (secondary N) is 1. The first-order chi connectivity index (χ1) is 6.74. The van der Waals surface area contributed by atoms with Crippen LogP contribution in [0.25, 0.3) is 0 Å². The van der Waals surface area contributed by atoms with Gasteiger partial charge in [-0.1, -0.05) is 13.3 Å². The molecule has 5 nitrogen and oxygen atoms in total. The zero-order valence-electron chi connectivity index (χ0n) is 8.25. The number of ether oxygens (including phenoxy) is 2. The smallest absolute Gasteiger partial charge is 0.407 e. The minimum atomic E-state index is -0.540. The Labute approximate surface area is 82.8 Å². The molecule has 14 heavy (non-hydrogen) atoms. The van der Waals surface area contributed by atoms with Gasteiger partial charge in [-0.2, -0.15) is 0 Å². The molecule has 1 aliphatic heterocycles. The second kappa shape index (κ2) is 5.47. The maximum Gasteiger partial charge on any atom is 0.407 e. The maximum atomic E-state index is 11.1. The Kier molecular flexibility index (Phi) is 4.22. The minimum Gasteiger partial charge on any atom is -0.464 e. The van der Waals surface area contributed by atoms with Crippen molar-refractivity contribution in [3.63, 3.8) is 0 Å². The zero-order valence-corrected chi connectivity index (χ0v) is 8.25. The third-order valence-corrected chi connectivity index (χ3v) is 1.96. The molecule has 5 heteroatoms. The molecule has 0 radical (unpaired) electrons. The van der Waals surface area contributed by atoms with Crippen molar-refractivity contribution in [2.75, 3.05) is 13.2 Å². The van der Waals surface area contributed by atoms with E-state index in [0.29, 0.717) is 19.6 Å². The first kappa shape index (κ1) is 10.8. The van der Waals surface area contributed by atoms with E-state index < -0.39 is 12.1 Å². The number of carbonyl (C=O) groups is 2. The van der Waals surface area contributed by atoms with Crippen LogP contribution in [0.3, 0.4) is 0 Å². The molecule has 1 amide bonds. The highest BCUT2D eigenvalue weighted by atomic mass is 16.6. The van der Waals surface area contributed by atoms with Gasteiger partial charge in [-0.3, -0.25) is 0 Å². The highest BCUT2D eigenvalue weighted by molar-refractivity contribution is 5.82. The fourth-order valence-electron chi connectivity index (χ4n) is 1.12. The van der Waals surface area contributed by atoms with E-state index in [9.17, 15) is 9.59 Å². The van der Waals surface area contributed by atoms with Crippen LogP contribution in [-0.4, -0.2) is 31.3 Å². The average molecular weight is 201 g/mol. The topological polar surface area (TPSA) is 64.6 Å². The Morgan fingerprint density at radius 2 is 2.50 bits per heavy atom. The van der Waals surface area contributed by atoms with Crippen LogP contribution in [0.1, 0.15) is 26.2 Å². The number of cyclic esters (lactones) is 1. The van der Waals surface area contributed by atoms with Gasteiger partial charge >= 0.3 is 12.1 Å². The maximum absolute atomic E-state index is 11.1. The summed E-state index contributed by atoms with van der Waals surface area (Å²) in [6.45, 7) is 2.78. The first-order valence-electron chi connectivity index (χ1n) is 4.84. The number of esters is 1. The lowest BCUT2D eigenvalue weighted by molar-refractivity contribution is -0.139. The summed E-state index contributed by atoms with van der Waals surface area (Å²) in [6, 6.07) is -0.524. The van der Waals surface area contributed by atoms with Crippen molar-refractivity contribution < 1.29 is 19.1 Å².